The van der Waals surface area contributed by atoms with Gasteiger partial charge in [0.1, 0.15) is 12.7 Å². The van der Waals surface area contributed by atoms with Crippen LogP contribution in [0.1, 0.15) is 70.2 Å². The van der Waals surface area contributed by atoms with Gasteiger partial charge in [-0.3, -0.25) is 0 Å². The number of anilines is 2. The van der Waals surface area contributed by atoms with Crippen molar-refractivity contribution < 1.29 is 40.6 Å². The maximum Gasteiger partial charge on any atom is 0.333 e. The van der Waals surface area contributed by atoms with Gasteiger partial charge in [-0.2, -0.15) is 10.2 Å². The van der Waals surface area contributed by atoms with E-state index in [1.54, 1.807) is 0 Å². The molecule has 10 rings (SSSR count). The molecule has 306 valence electrons. The Hall–Kier alpha value is -5.14. The second-order valence-electron chi connectivity index (χ2n) is 16.0. The Morgan fingerprint density at radius 1 is 0.638 bits per heavy atom. The highest BCUT2D eigenvalue weighted by Gasteiger charge is 2.35. The standard InChI is InChI=1S/C39H44N8O9S2/c48-38(42-34-28-9-1-5-23(28)13-24-6-2-10-29(24)34)44-57(50,51)32-15-40-46-17-22(20-55-36(32)46)19-54-27-18-47-37(56-21-27)33(16-41-47)58(52,53)45-39(49)43-35-30-11-3-7-25(30)14-26-8-4-12-31(26)35/h13-16,22,27H,1-12,17-21H2,(H2,42,44,48)(H2,43,45,49). The van der Waals surface area contributed by atoms with E-state index < -0.39 is 38.2 Å². The van der Waals surface area contributed by atoms with Gasteiger partial charge in [0.15, 0.2) is 9.79 Å². The molecule has 6 aliphatic rings. The predicted molar refractivity (Wildman–Crippen MR) is 208 cm³/mol. The first-order valence-corrected chi connectivity index (χ1v) is 23.0. The van der Waals surface area contributed by atoms with Crippen LogP contribution in [-0.4, -0.2) is 74.4 Å². The van der Waals surface area contributed by atoms with Crippen LogP contribution in [0.15, 0.2) is 34.3 Å². The Kier molecular flexibility index (Phi) is 9.16. The average Bonchev–Trinajstić information content (AvgIpc) is 4.04. The van der Waals surface area contributed by atoms with Crippen molar-refractivity contribution in [1.82, 2.24) is 29.0 Å². The predicted octanol–water partition coefficient (Wildman–Crippen LogP) is 3.54. The van der Waals surface area contributed by atoms with Crippen LogP contribution in [0, 0.1) is 5.92 Å². The zero-order chi connectivity index (χ0) is 39.8. The number of fused-ring (bicyclic) bond motifs is 6. The molecule has 17 nitrogen and oxygen atoms in total. The van der Waals surface area contributed by atoms with Crippen LogP contribution in [-0.2, 0) is 89.2 Å². The van der Waals surface area contributed by atoms with Crippen molar-refractivity contribution in [3.63, 3.8) is 0 Å². The molecule has 0 bridgehead atoms. The SMILES string of the molecule is O=C(Nc1c2c(cc3c1CCC3)CCC2)NS(=O)(=O)c1cnn2c1OCC(COC1COc3c(S(=O)(=O)NC(=O)Nc4c5c(cc6c4CCC6)CCC5)cnn3C1)C2. The summed E-state index contributed by atoms with van der Waals surface area (Å²) in [6.45, 7) is 0.871. The van der Waals surface area contributed by atoms with Crippen molar-refractivity contribution >= 4 is 43.5 Å². The highest BCUT2D eigenvalue weighted by Crippen LogP contribution is 2.40. The van der Waals surface area contributed by atoms with Gasteiger partial charge in [0.2, 0.25) is 11.8 Å². The van der Waals surface area contributed by atoms with Crippen molar-refractivity contribution in [2.24, 2.45) is 5.92 Å². The number of rotatable bonds is 9. The van der Waals surface area contributed by atoms with E-state index in [0.717, 1.165) is 117 Å². The molecule has 0 fully saturated rings. The van der Waals surface area contributed by atoms with Gasteiger partial charge >= 0.3 is 12.1 Å². The number of carbonyl (C=O) groups excluding carboxylic acids is 2. The number of nitrogens with zero attached hydrogens (tertiary/aromatic N) is 4. The van der Waals surface area contributed by atoms with Gasteiger partial charge < -0.3 is 24.8 Å². The number of amides is 4. The molecule has 4 amide bonds. The summed E-state index contributed by atoms with van der Waals surface area (Å²) in [5.41, 5.74) is 10.8. The fourth-order valence-corrected chi connectivity index (χ4v) is 11.6. The Bertz CT molecular complexity index is 2360. The number of ether oxygens (including phenoxy) is 3. The largest absolute Gasteiger partial charge is 0.476 e. The summed E-state index contributed by atoms with van der Waals surface area (Å²) < 4.78 is 78.5. The lowest BCUT2D eigenvalue weighted by atomic mass is 9.99. The molecule has 0 saturated heterocycles. The monoisotopic (exact) mass is 832 g/mol. The molecule has 4 heterocycles. The fourth-order valence-electron chi connectivity index (χ4n) is 9.59. The molecule has 2 atom stereocenters. The highest BCUT2D eigenvalue weighted by molar-refractivity contribution is 7.90. The molecule has 2 unspecified atom stereocenters. The van der Waals surface area contributed by atoms with Crippen molar-refractivity contribution in [3.05, 3.63) is 69.0 Å². The molecule has 58 heavy (non-hydrogen) atoms. The normalized spacial score (nSPS) is 20.1. The summed E-state index contributed by atoms with van der Waals surface area (Å²) in [5.74, 6) is -0.157. The lowest BCUT2D eigenvalue weighted by molar-refractivity contribution is -0.0413. The van der Waals surface area contributed by atoms with Crippen molar-refractivity contribution in [1.29, 1.82) is 0 Å². The molecule has 4 aromatic rings. The molecule has 0 spiro atoms. The lowest BCUT2D eigenvalue weighted by Crippen LogP contribution is -2.38. The topological polar surface area (TPSA) is 214 Å². The minimum atomic E-state index is -4.32. The molecule has 19 heteroatoms. The zero-order valence-corrected chi connectivity index (χ0v) is 33.4. The summed E-state index contributed by atoms with van der Waals surface area (Å²) >= 11 is 0. The molecule has 0 radical (unpaired) electrons. The van der Waals surface area contributed by atoms with Crippen molar-refractivity contribution in [2.75, 3.05) is 30.5 Å². The fraction of sp³-hybridized carbons (Fsp3) is 0.487. The van der Waals surface area contributed by atoms with E-state index in [0.29, 0.717) is 6.54 Å². The second kappa shape index (κ2) is 14.3. The lowest BCUT2D eigenvalue weighted by Gasteiger charge is -2.28. The summed E-state index contributed by atoms with van der Waals surface area (Å²) in [7, 11) is -8.64. The molecular formula is C39H44N8O9S2. The van der Waals surface area contributed by atoms with Gasteiger partial charge in [-0.1, -0.05) is 12.1 Å². The van der Waals surface area contributed by atoms with Crippen LogP contribution in [0.5, 0.6) is 11.8 Å². The smallest absolute Gasteiger partial charge is 0.333 e. The number of benzene rings is 2. The van der Waals surface area contributed by atoms with Crippen LogP contribution >= 0.6 is 0 Å². The third-order valence-electron chi connectivity index (χ3n) is 12.2. The molecule has 4 aliphatic carbocycles. The summed E-state index contributed by atoms with van der Waals surface area (Å²) in [5, 5.41) is 14.2. The number of hydrogen-bond donors (Lipinski definition) is 4. The summed E-state index contributed by atoms with van der Waals surface area (Å²) in [6, 6.07) is 2.82. The van der Waals surface area contributed by atoms with Crippen LogP contribution in [0.4, 0.5) is 21.0 Å². The van der Waals surface area contributed by atoms with Crippen LogP contribution in [0.3, 0.4) is 0 Å². The maximum atomic E-state index is 13.4. The number of nitrogens with one attached hydrogen (secondary N) is 4. The van der Waals surface area contributed by atoms with Gasteiger partial charge in [0, 0.05) is 17.3 Å². The van der Waals surface area contributed by atoms with Crippen molar-refractivity contribution in [3.8, 4) is 11.8 Å². The average molecular weight is 833 g/mol. The van der Waals surface area contributed by atoms with E-state index in [9.17, 15) is 26.4 Å². The molecule has 0 saturated carbocycles. The Morgan fingerprint density at radius 3 is 1.53 bits per heavy atom. The third-order valence-corrected chi connectivity index (χ3v) is 14.8. The number of sulfonamides is 2. The molecule has 2 aliphatic heterocycles. The Morgan fingerprint density at radius 2 is 1.07 bits per heavy atom. The molecule has 2 aromatic carbocycles. The van der Waals surface area contributed by atoms with Gasteiger partial charge in [0.25, 0.3) is 20.0 Å². The summed E-state index contributed by atoms with van der Waals surface area (Å²) in [6.07, 6.45) is 13.1. The zero-order valence-electron chi connectivity index (χ0n) is 31.8. The van der Waals surface area contributed by atoms with Crippen LogP contribution in [0.25, 0.3) is 0 Å². The maximum absolute atomic E-state index is 13.4. The van der Waals surface area contributed by atoms with E-state index in [1.165, 1.54) is 37.8 Å². The van der Waals surface area contributed by atoms with E-state index in [4.69, 9.17) is 14.2 Å². The quantitative estimate of drug-likeness (QED) is 0.192. The van der Waals surface area contributed by atoms with Gasteiger partial charge in [-0.05, 0) is 122 Å². The number of aryl methyl sites for hydroxylation is 4. The number of carbonyl (C=O) groups is 2. The van der Waals surface area contributed by atoms with Crippen molar-refractivity contribution in [2.45, 2.75) is 106 Å². The van der Waals surface area contributed by atoms with E-state index in [1.807, 2.05) is 0 Å². The van der Waals surface area contributed by atoms with Crippen LogP contribution < -0.4 is 29.6 Å². The first-order chi connectivity index (χ1) is 28.0. The number of urea groups is 2. The Balaban J connectivity index is 0.737. The minimum Gasteiger partial charge on any atom is -0.476 e. The van der Waals surface area contributed by atoms with E-state index in [2.05, 4.69) is 42.4 Å². The van der Waals surface area contributed by atoms with Gasteiger partial charge in [-0.25, -0.2) is 45.2 Å². The second-order valence-corrected chi connectivity index (χ2v) is 19.3. The first kappa shape index (κ1) is 37.2. The first-order valence-electron chi connectivity index (χ1n) is 20.0. The number of hydrogen-bond acceptors (Lipinski definition) is 11. The molecule has 4 N–H and O–H groups in total. The minimum absolute atomic E-state index is 0.0106. The van der Waals surface area contributed by atoms with E-state index >= 15 is 0 Å². The third kappa shape index (κ3) is 6.65. The van der Waals surface area contributed by atoms with Gasteiger partial charge in [0.05, 0.1) is 38.7 Å². The molecular weight excluding hydrogens is 789 g/mol. The molecule has 2 aromatic heterocycles. The van der Waals surface area contributed by atoms with Gasteiger partial charge in [-0.15, -0.1) is 0 Å². The Labute approximate surface area is 335 Å². The number of aromatic nitrogens is 4. The summed E-state index contributed by atoms with van der Waals surface area (Å²) in [4.78, 5) is 25.8. The van der Waals surface area contributed by atoms with E-state index in [-0.39, 0.29) is 53.8 Å². The van der Waals surface area contributed by atoms with Crippen LogP contribution in [0.2, 0.25) is 0 Å². The highest BCUT2D eigenvalue weighted by atomic mass is 32.2.